The third-order valence-electron chi connectivity index (χ3n) is 3.59. The van der Waals surface area contributed by atoms with Gasteiger partial charge in [0, 0.05) is 18.9 Å². The van der Waals surface area contributed by atoms with Crippen LogP contribution in [0.5, 0.6) is 5.75 Å². The van der Waals surface area contributed by atoms with Crippen molar-refractivity contribution in [2.24, 2.45) is 0 Å². The fraction of sp³-hybridized carbons (Fsp3) is 0.500. The van der Waals surface area contributed by atoms with Gasteiger partial charge in [0.2, 0.25) is 21.8 Å². The molecule has 2 rings (SSSR count). The number of benzene rings is 1. The van der Waals surface area contributed by atoms with Crippen LogP contribution in [0.15, 0.2) is 21.4 Å². The third-order valence-corrected chi connectivity index (χ3v) is 5.19. The van der Waals surface area contributed by atoms with E-state index in [9.17, 15) is 8.42 Å². The molecule has 8 heteroatoms. The molecule has 0 amide bonds. The van der Waals surface area contributed by atoms with Crippen LogP contribution in [0.3, 0.4) is 0 Å². The van der Waals surface area contributed by atoms with Crippen molar-refractivity contribution in [3.8, 4) is 5.75 Å². The van der Waals surface area contributed by atoms with Gasteiger partial charge in [-0.1, -0.05) is 13.8 Å². The van der Waals surface area contributed by atoms with Crippen LogP contribution in [0.25, 0.3) is 0 Å². The molecule has 0 saturated carbocycles. The molecule has 0 spiro atoms. The lowest BCUT2D eigenvalue weighted by Gasteiger charge is -2.12. The van der Waals surface area contributed by atoms with Crippen molar-refractivity contribution in [3.63, 3.8) is 0 Å². The van der Waals surface area contributed by atoms with Gasteiger partial charge >= 0.3 is 0 Å². The zero-order chi connectivity index (χ0) is 17.9. The number of sulfonamides is 1. The van der Waals surface area contributed by atoms with Gasteiger partial charge in [-0.05, 0) is 37.1 Å². The van der Waals surface area contributed by atoms with Gasteiger partial charge < -0.3 is 9.15 Å². The van der Waals surface area contributed by atoms with Crippen molar-refractivity contribution in [2.75, 3.05) is 13.7 Å². The highest BCUT2D eigenvalue weighted by molar-refractivity contribution is 7.89. The summed E-state index contributed by atoms with van der Waals surface area (Å²) in [4.78, 5) is 0.245. The summed E-state index contributed by atoms with van der Waals surface area (Å²) < 4.78 is 38.2. The molecule has 0 aliphatic heterocycles. The summed E-state index contributed by atoms with van der Waals surface area (Å²) in [7, 11) is -2.05. The largest absolute Gasteiger partial charge is 0.496 e. The summed E-state index contributed by atoms with van der Waals surface area (Å²) in [5.41, 5.74) is 1.40. The molecular weight excluding hydrogens is 330 g/mol. The van der Waals surface area contributed by atoms with Crippen molar-refractivity contribution in [2.45, 2.75) is 44.9 Å². The van der Waals surface area contributed by atoms with E-state index < -0.39 is 10.0 Å². The minimum absolute atomic E-state index is 0.146. The van der Waals surface area contributed by atoms with E-state index in [-0.39, 0.29) is 17.4 Å². The predicted molar refractivity (Wildman–Crippen MR) is 89.7 cm³/mol. The Morgan fingerprint density at radius 3 is 2.50 bits per heavy atom. The Morgan fingerprint density at radius 2 is 1.92 bits per heavy atom. The number of nitrogens with one attached hydrogen (secondary N) is 1. The highest BCUT2D eigenvalue weighted by atomic mass is 32.2. The summed E-state index contributed by atoms with van der Waals surface area (Å²) in [5, 5.41) is 7.84. The van der Waals surface area contributed by atoms with Crippen LogP contribution in [0.4, 0.5) is 0 Å². The van der Waals surface area contributed by atoms with Crippen LogP contribution in [0, 0.1) is 13.8 Å². The standard InChI is InChI=1S/C16H23N3O4S/c1-10(2)16-19-18-15(23-16)6-7-17-24(20,21)14-9-11(3)13(22-5)8-12(14)4/h8-10,17H,6-7H2,1-5H3. The molecule has 0 bridgehead atoms. The molecule has 1 heterocycles. The average molecular weight is 353 g/mol. The molecule has 0 atom stereocenters. The van der Waals surface area contributed by atoms with Gasteiger partial charge in [-0.2, -0.15) is 0 Å². The zero-order valence-electron chi connectivity index (χ0n) is 14.6. The monoisotopic (exact) mass is 353 g/mol. The second-order valence-electron chi connectivity index (χ2n) is 5.92. The summed E-state index contributed by atoms with van der Waals surface area (Å²) >= 11 is 0. The minimum atomic E-state index is -3.61. The lowest BCUT2D eigenvalue weighted by molar-refractivity contribution is 0.411. The van der Waals surface area contributed by atoms with Crippen LogP contribution in [-0.4, -0.2) is 32.3 Å². The van der Waals surface area contributed by atoms with E-state index in [1.807, 2.05) is 20.8 Å². The molecule has 0 fully saturated rings. The van der Waals surface area contributed by atoms with Crippen LogP contribution in [0.1, 0.15) is 42.7 Å². The van der Waals surface area contributed by atoms with Gasteiger partial charge in [-0.15, -0.1) is 10.2 Å². The molecule has 0 saturated heterocycles. The molecule has 132 valence electrons. The number of nitrogens with zero attached hydrogens (tertiary/aromatic N) is 2. The first-order valence-corrected chi connectivity index (χ1v) is 9.20. The number of hydrogen-bond donors (Lipinski definition) is 1. The van der Waals surface area contributed by atoms with E-state index in [1.54, 1.807) is 26.2 Å². The Bertz CT molecular complexity index is 813. The molecule has 1 N–H and O–H groups in total. The molecule has 1 aromatic carbocycles. The zero-order valence-corrected chi connectivity index (χ0v) is 15.4. The fourth-order valence-electron chi connectivity index (χ4n) is 2.24. The van der Waals surface area contributed by atoms with E-state index in [0.717, 1.165) is 5.56 Å². The Labute approximate surface area is 142 Å². The van der Waals surface area contributed by atoms with Crippen molar-refractivity contribution >= 4 is 10.0 Å². The molecule has 0 aliphatic carbocycles. The SMILES string of the molecule is COc1cc(C)c(S(=O)(=O)NCCc2nnc(C(C)C)o2)cc1C. The molecular formula is C16H23N3O4S. The Balaban J connectivity index is 2.07. The highest BCUT2D eigenvalue weighted by Crippen LogP contribution is 2.25. The van der Waals surface area contributed by atoms with E-state index in [0.29, 0.717) is 29.5 Å². The van der Waals surface area contributed by atoms with E-state index in [1.165, 1.54) is 0 Å². The van der Waals surface area contributed by atoms with E-state index in [4.69, 9.17) is 9.15 Å². The topological polar surface area (TPSA) is 94.3 Å². The van der Waals surface area contributed by atoms with E-state index >= 15 is 0 Å². The molecule has 0 unspecified atom stereocenters. The maximum Gasteiger partial charge on any atom is 0.240 e. The molecule has 0 radical (unpaired) electrons. The Hall–Kier alpha value is -1.93. The minimum Gasteiger partial charge on any atom is -0.496 e. The second-order valence-corrected chi connectivity index (χ2v) is 7.66. The van der Waals surface area contributed by atoms with Gasteiger partial charge in [0.05, 0.1) is 12.0 Å². The van der Waals surface area contributed by atoms with Crippen LogP contribution >= 0.6 is 0 Å². The summed E-state index contributed by atoms with van der Waals surface area (Å²) in [5.74, 6) is 1.78. The quantitative estimate of drug-likeness (QED) is 0.821. The van der Waals surface area contributed by atoms with Gasteiger partial charge in [0.25, 0.3) is 0 Å². The number of rotatable bonds is 7. The maximum atomic E-state index is 12.5. The second kappa shape index (κ2) is 7.31. The van der Waals surface area contributed by atoms with Gasteiger partial charge in [0.1, 0.15) is 5.75 Å². The van der Waals surface area contributed by atoms with Crippen molar-refractivity contribution in [1.29, 1.82) is 0 Å². The van der Waals surface area contributed by atoms with Gasteiger partial charge in [-0.25, -0.2) is 13.1 Å². The van der Waals surface area contributed by atoms with Gasteiger partial charge in [-0.3, -0.25) is 0 Å². The summed E-state index contributed by atoms with van der Waals surface area (Å²) in [6.07, 6.45) is 0.340. The number of ether oxygens (including phenoxy) is 1. The molecule has 1 aromatic heterocycles. The van der Waals surface area contributed by atoms with Crippen LogP contribution in [0.2, 0.25) is 0 Å². The normalized spacial score (nSPS) is 11.9. The van der Waals surface area contributed by atoms with E-state index in [2.05, 4.69) is 14.9 Å². The molecule has 7 nitrogen and oxygen atoms in total. The van der Waals surface area contributed by atoms with Crippen LogP contribution in [-0.2, 0) is 16.4 Å². The first-order valence-electron chi connectivity index (χ1n) is 7.71. The average Bonchev–Trinajstić information content (AvgIpc) is 2.98. The van der Waals surface area contributed by atoms with Gasteiger partial charge in [0.15, 0.2) is 0 Å². The number of aromatic nitrogens is 2. The number of aryl methyl sites for hydroxylation is 2. The Kier molecular flexibility index (Phi) is 5.61. The highest BCUT2D eigenvalue weighted by Gasteiger charge is 2.19. The lowest BCUT2D eigenvalue weighted by Crippen LogP contribution is -2.26. The van der Waals surface area contributed by atoms with Crippen molar-refractivity contribution in [3.05, 3.63) is 35.0 Å². The molecule has 24 heavy (non-hydrogen) atoms. The first-order chi connectivity index (χ1) is 11.2. The smallest absolute Gasteiger partial charge is 0.240 e. The summed E-state index contributed by atoms with van der Waals surface area (Å²) in [6.45, 7) is 7.64. The number of methoxy groups -OCH3 is 1. The van der Waals surface area contributed by atoms with Crippen molar-refractivity contribution < 1.29 is 17.6 Å². The van der Waals surface area contributed by atoms with Crippen LogP contribution < -0.4 is 9.46 Å². The third kappa shape index (κ3) is 4.12. The predicted octanol–water partition coefficient (Wildman–Crippen LogP) is 2.34. The Morgan fingerprint density at radius 1 is 1.21 bits per heavy atom. The maximum absolute atomic E-state index is 12.5. The summed E-state index contributed by atoms with van der Waals surface area (Å²) in [6, 6.07) is 3.33. The first kappa shape index (κ1) is 18.4. The lowest BCUT2D eigenvalue weighted by atomic mass is 10.1. The molecule has 0 aliphatic rings. The van der Waals surface area contributed by atoms with Crippen molar-refractivity contribution in [1.82, 2.24) is 14.9 Å². The fourth-order valence-corrected chi connectivity index (χ4v) is 3.58. The molecule has 2 aromatic rings. The number of hydrogen-bond acceptors (Lipinski definition) is 6.